The Kier molecular flexibility index (Phi) is 9.81. The second-order valence-corrected chi connectivity index (χ2v) is 15.8. The number of hydrogen-bond donors (Lipinski definition) is 3. The van der Waals surface area contributed by atoms with Gasteiger partial charge in [0.15, 0.2) is 0 Å². The van der Waals surface area contributed by atoms with E-state index >= 15 is 0 Å². The maximum Gasteiger partial charge on any atom is 0.433 e. The second-order valence-electron chi connectivity index (χ2n) is 15.8. The molecule has 13 nitrogen and oxygen atoms in total. The number of imidazole rings is 1. The molecule has 1 saturated carbocycles. The highest BCUT2D eigenvalue weighted by molar-refractivity contribution is 6.05. The number of nitrogens with one attached hydrogen (secondary N) is 2. The molecule has 0 bridgehead atoms. The van der Waals surface area contributed by atoms with E-state index in [1.807, 2.05) is 27.5 Å². The monoisotopic (exact) mass is 771 g/mol. The van der Waals surface area contributed by atoms with Crippen LogP contribution < -0.4 is 15.5 Å². The van der Waals surface area contributed by atoms with E-state index in [4.69, 9.17) is 10.1 Å². The summed E-state index contributed by atoms with van der Waals surface area (Å²) in [7, 11) is 0. The zero-order valence-corrected chi connectivity index (χ0v) is 31.2. The SMILES string of the molecule is CC(C)(O)c1cc2nn([C@H]3CC[C@H](CN4CCC(c5cccn6c(N7CCC(=O)NC7=O)cnc56)CC4)CC3)cc2cc1NC(=O)c1cccc(C(F)(F)F)n1. The van der Waals surface area contributed by atoms with Crippen LogP contribution in [0, 0.1) is 5.92 Å². The quantitative estimate of drug-likeness (QED) is 0.159. The van der Waals surface area contributed by atoms with Crippen LogP contribution >= 0.6 is 0 Å². The van der Waals surface area contributed by atoms with Crippen LogP contribution in [0.25, 0.3) is 16.6 Å². The topological polar surface area (TPSA) is 150 Å². The average Bonchev–Trinajstić information content (AvgIpc) is 3.79. The van der Waals surface area contributed by atoms with Crippen LogP contribution in [0.3, 0.4) is 0 Å². The molecule has 0 atom stereocenters. The fraction of sp³-hybridized carbons (Fsp3) is 0.450. The van der Waals surface area contributed by atoms with Gasteiger partial charge in [-0.2, -0.15) is 18.3 Å². The Hall–Kier alpha value is -5.35. The van der Waals surface area contributed by atoms with E-state index in [1.165, 1.54) is 11.6 Å². The Bertz CT molecular complexity index is 2300. The number of piperidine rings is 1. The maximum atomic E-state index is 13.2. The number of halogens is 3. The van der Waals surface area contributed by atoms with E-state index in [0.717, 1.165) is 81.3 Å². The lowest BCUT2D eigenvalue weighted by Crippen LogP contribution is -2.50. The lowest BCUT2D eigenvalue weighted by atomic mass is 9.84. The first-order valence-electron chi connectivity index (χ1n) is 19.1. The number of anilines is 2. The van der Waals surface area contributed by atoms with E-state index in [9.17, 15) is 32.7 Å². The van der Waals surface area contributed by atoms with Crippen molar-refractivity contribution in [1.29, 1.82) is 0 Å². The highest BCUT2D eigenvalue weighted by Crippen LogP contribution is 2.38. The molecule has 1 aliphatic carbocycles. The number of likely N-dealkylation sites (tertiary alicyclic amines) is 1. The van der Waals surface area contributed by atoms with E-state index in [2.05, 4.69) is 26.6 Å². The first kappa shape index (κ1) is 37.6. The van der Waals surface area contributed by atoms with Gasteiger partial charge >= 0.3 is 12.2 Å². The molecule has 4 aromatic heterocycles. The largest absolute Gasteiger partial charge is 0.433 e. The van der Waals surface area contributed by atoms with E-state index in [0.29, 0.717) is 35.3 Å². The van der Waals surface area contributed by atoms with Crippen molar-refractivity contribution < 1.29 is 32.7 Å². The molecular weight excluding hydrogens is 727 g/mol. The lowest BCUT2D eigenvalue weighted by molar-refractivity contribution is -0.141. The minimum atomic E-state index is -4.69. The number of benzene rings is 1. The number of urea groups is 1. The number of aliphatic hydroxyl groups is 1. The number of alkyl halides is 3. The molecule has 56 heavy (non-hydrogen) atoms. The Labute approximate surface area is 320 Å². The van der Waals surface area contributed by atoms with Gasteiger partial charge in [0.1, 0.15) is 22.9 Å². The van der Waals surface area contributed by atoms with Crippen LogP contribution in [0.15, 0.2) is 61.1 Å². The summed E-state index contributed by atoms with van der Waals surface area (Å²) in [6.45, 7) is 6.50. The number of fused-ring (bicyclic) bond motifs is 2. The molecule has 3 N–H and O–H groups in total. The lowest BCUT2D eigenvalue weighted by Gasteiger charge is -2.36. The van der Waals surface area contributed by atoms with Gasteiger partial charge in [0, 0.05) is 48.5 Å². The number of carbonyl (C=O) groups is 3. The van der Waals surface area contributed by atoms with Crippen molar-refractivity contribution in [2.24, 2.45) is 5.92 Å². The molecule has 0 spiro atoms. The van der Waals surface area contributed by atoms with E-state index in [-0.39, 0.29) is 29.8 Å². The predicted octanol–water partition coefficient (Wildman–Crippen LogP) is 6.63. The highest BCUT2D eigenvalue weighted by Gasteiger charge is 2.34. The Morgan fingerprint density at radius 3 is 2.48 bits per heavy atom. The number of carbonyl (C=O) groups excluding carboxylic acids is 3. The fourth-order valence-corrected chi connectivity index (χ4v) is 8.50. The van der Waals surface area contributed by atoms with Gasteiger partial charge in [-0.3, -0.25) is 28.9 Å². The standard InChI is InChI=1S/C40H44F3N9O4/c1-39(2,56)29-20-31-26(19-32(29)46-37(54)30-6-3-7-33(45-30)40(41,42)43)23-52(48-31)27-10-8-24(9-11-27)22-49-16-12-25(13-17-49)28-5-4-15-50-35(21-44-36(28)50)51-18-14-34(53)47-38(51)55/h3-7,15,19-21,23-25,27,56H,8-14,16-18,22H2,1-2H3,(H,46,54)(H,47,53,55)/t24-,27-. The van der Waals surface area contributed by atoms with Gasteiger partial charge in [-0.15, -0.1) is 0 Å². The smallest absolute Gasteiger partial charge is 0.386 e. The number of rotatable bonds is 8. The molecule has 5 aromatic rings. The number of amides is 4. The van der Waals surface area contributed by atoms with E-state index < -0.39 is 29.4 Å². The molecule has 294 valence electrons. The number of hydrogen-bond acceptors (Lipinski definition) is 8. The highest BCUT2D eigenvalue weighted by atomic mass is 19.4. The van der Waals surface area contributed by atoms with Crippen molar-refractivity contribution in [2.45, 2.75) is 82.5 Å². The first-order valence-corrected chi connectivity index (χ1v) is 19.1. The summed E-state index contributed by atoms with van der Waals surface area (Å²) in [6.07, 6.45) is 7.21. The van der Waals surface area contributed by atoms with Gasteiger partial charge in [-0.1, -0.05) is 12.1 Å². The van der Waals surface area contributed by atoms with Crippen molar-refractivity contribution in [3.8, 4) is 0 Å². The van der Waals surface area contributed by atoms with Crippen LogP contribution in [-0.2, 0) is 16.6 Å². The van der Waals surface area contributed by atoms with Crippen molar-refractivity contribution in [3.63, 3.8) is 0 Å². The van der Waals surface area contributed by atoms with Crippen molar-refractivity contribution >= 4 is 45.9 Å². The van der Waals surface area contributed by atoms with Crippen molar-refractivity contribution in [1.82, 2.24) is 34.4 Å². The molecule has 3 aliphatic rings. The van der Waals surface area contributed by atoms with Gasteiger partial charge in [0.05, 0.1) is 23.4 Å². The second kappa shape index (κ2) is 14.6. The molecule has 6 heterocycles. The Morgan fingerprint density at radius 1 is 1.00 bits per heavy atom. The molecule has 4 amide bonds. The summed E-state index contributed by atoms with van der Waals surface area (Å²) in [5.74, 6) is 0.504. The van der Waals surface area contributed by atoms with Gasteiger partial charge in [-0.25, -0.2) is 14.8 Å². The third-order valence-corrected chi connectivity index (χ3v) is 11.5. The summed E-state index contributed by atoms with van der Waals surface area (Å²) in [5, 5.41) is 21.6. The molecular formula is C40H44F3N9O4. The summed E-state index contributed by atoms with van der Waals surface area (Å²) in [4.78, 5) is 49.6. The van der Waals surface area contributed by atoms with Gasteiger partial charge in [-0.05, 0) is 113 Å². The van der Waals surface area contributed by atoms with Crippen LogP contribution in [0.2, 0.25) is 0 Å². The van der Waals surface area contributed by atoms with E-state index in [1.54, 1.807) is 37.1 Å². The summed E-state index contributed by atoms with van der Waals surface area (Å²) < 4.78 is 43.7. The summed E-state index contributed by atoms with van der Waals surface area (Å²) >= 11 is 0. The Morgan fingerprint density at radius 2 is 1.77 bits per heavy atom. The number of aromatic nitrogens is 5. The molecule has 0 unspecified atom stereocenters. The molecule has 0 radical (unpaired) electrons. The van der Waals surface area contributed by atoms with Crippen LogP contribution in [0.1, 0.15) is 98.1 Å². The fourth-order valence-electron chi connectivity index (χ4n) is 8.50. The average molecular weight is 772 g/mol. The molecule has 16 heteroatoms. The minimum absolute atomic E-state index is 0.193. The zero-order chi connectivity index (χ0) is 39.4. The van der Waals surface area contributed by atoms with Crippen molar-refractivity contribution in [3.05, 3.63) is 83.6 Å². The normalized spacial score (nSPS) is 20.5. The zero-order valence-electron chi connectivity index (χ0n) is 31.2. The number of nitrogens with zero attached hydrogens (tertiary/aromatic N) is 7. The molecule has 1 aromatic carbocycles. The third-order valence-electron chi connectivity index (χ3n) is 11.5. The summed E-state index contributed by atoms with van der Waals surface area (Å²) in [6, 6.07) is 10.5. The minimum Gasteiger partial charge on any atom is -0.386 e. The maximum absolute atomic E-state index is 13.2. The molecule has 3 fully saturated rings. The van der Waals surface area contributed by atoms with Crippen molar-refractivity contribution in [2.75, 3.05) is 36.4 Å². The molecule has 2 aliphatic heterocycles. The Balaban J connectivity index is 0.881. The third kappa shape index (κ3) is 7.59. The van der Waals surface area contributed by atoms with Crippen LogP contribution in [0.4, 0.5) is 29.5 Å². The predicted molar refractivity (Wildman–Crippen MR) is 202 cm³/mol. The summed E-state index contributed by atoms with van der Waals surface area (Å²) in [5.41, 5.74) is 0.421. The molecule has 2 saturated heterocycles. The van der Waals surface area contributed by atoms with Gasteiger partial charge in [0.25, 0.3) is 5.91 Å². The van der Waals surface area contributed by atoms with Gasteiger partial charge < -0.3 is 15.3 Å². The van der Waals surface area contributed by atoms with Crippen LogP contribution in [0.5, 0.6) is 0 Å². The number of pyridine rings is 2. The first-order chi connectivity index (χ1) is 26.7. The van der Waals surface area contributed by atoms with Gasteiger partial charge in [0.2, 0.25) is 5.91 Å². The molecule has 8 rings (SSSR count). The van der Waals surface area contributed by atoms with Crippen LogP contribution in [-0.4, -0.2) is 78.2 Å². The number of imide groups is 1.